The lowest BCUT2D eigenvalue weighted by molar-refractivity contribution is -0.119. The van der Waals surface area contributed by atoms with E-state index in [0.717, 1.165) is 16.7 Å². The minimum atomic E-state index is -0.226. The number of hydrogen-bond acceptors (Lipinski definition) is 4. The second-order valence-corrected chi connectivity index (χ2v) is 8.70. The van der Waals surface area contributed by atoms with Crippen molar-refractivity contribution in [3.63, 3.8) is 0 Å². The minimum Gasteiger partial charge on any atom is -0.344 e. The average molecular weight is 475 g/mol. The molecule has 5 nitrogen and oxygen atoms in total. The number of thioether (sulfide) groups is 1. The number of hydrogen-bond donors (Lipinski definition) is 1. The van der Waals surface area contributed by atoms with E-state index in [2.05, 4.69) is 22.1 Å². The molecule has 0 spiro atoms. The van der Waals surface area contributed by atoms with E-state index in [1.807, 2.05) is 89.5 Å². The number of benzene rings is 3. The van der Waals surface area contributed by atoms with Crippen LogP contribution >= 0.6 is 23.4 Å². The highest BCUT2D eigenvalue weighted by Gasteiger charge is 2.19. The van der Waals surface area contributed by atoms with Gasteiger partial charge in [-0.05, 0) is 35.4 Å². The molecule has 4 aromatic rings. The fraction of sp³-hybridized carbons (Fsp3) is 0.115. The third kappa shape index (κ3) is 5.72. The van der Waals surface area contributed by atoms with E-state index in [9.17, 15) is 4.79 Å². The summed E-state index contributed by atoms with van der Waals surface area (Å²) < 4.78 is 1.94. The number of nitrogens with zero attached hydrogens (tertiary/aromatic N) is 3. The molecule has 4 rings (SSSR count). The van der Waals surface area contributed by atoms with E-state index in [1.54, 1.807) is 6.08 Å². The Kier molecular flexibility index (Phi) is 7.60. The van der Waals surface area contributed by atoms with Gasteiger partial charge in [-0.25, -0.2) is 0 Å². The van der Waals surface area contributed by atoms with Crippen LogP contribution in [0.2, 0.25) is 5.02 Å². The van der Waals surface area contributed by atoms with Gasteiger partial charge >= 0.3 is 0 Å². The van der Waals surface area contributed by atoms with Gasteiger partial charge in [0.1, 0.15) is 0 Å². The molecular formula is C26H23ClN4OS. The van der Waals surface area contributed by atoms with Gasteiger partial charge in [-0.15, -0.1) is 16.8 Å². The van der Waals surface area contributed by atoms with Crippen LogP contribution in [-0.2, 0) is 11.3 Å². The second kappa shape index (κ2) is 11.0. The molecule has 0 aliphatic rings. The molecule has 0 fully saturated rings. The molecule has 1 aromatic heterocycles. The smallest absolute Gasteiger partial charge is 0.231 e. The van der Waals surface area contributed by atoms with E-state index < -0.39 is 0 Å². The SMILES string of the molecule is C=CCn1c(SCC(=O)NC(c2ccccc2)c2ccccc2)nnc1-c1ccc(Cl)cc1. The van der Waals surface area contributed by atoms with Gasteiger partial charge in [0, 0.05) is 17.1 Å². The summed E-state index contributed by atoms with van der Waals surface area (Å²) in [6.07, 6.45) is 1.79. The molecule has 0 bridgehead atoms. The summed E-state index contributed by atoms with van der Waals surface area (Å²) in [5.41, 5.74) is 2.96. The number of halogens is 1. The van der Waals surface area contributed by atoms with Gasteiger partial charge in [0.15, 0.2) is 11.0 Å². The lowest BCUT2D eigenvalue weighted by atomic mass is 9.99. The Balaban J connectivity index is 1.50. The summed E-state index contributed by atoms with van der Waals surface area (Å²) in [5, 5.41) is 13.1. The van der Waals surface area contributed by atoms with Crippen molar-refractivity contribution in [2.45, 2.75) is 17.7 Å². The molecule has 0 radical (unpaired) electrons. The van der Waals surface area contributed by atoms with Crippen LogP contribution in [0.25, 0.3) is 11.4 Å². The second-order valence-electron chi connectivity index (χ2n) is 7.32. The van der Waals surface area contributed by atoms with Gasteiger partial charge in [-0.3, -0.25) is 9.36 Å². The molecule has 1 amide bonds. The van der Waals surface area contributed by atoms with Gasteiger partial charge in [-0.1, -0.05) is 90.1 Å². The van der Waals surface area contributed by atoms with Crippen molar-refractivity contribution >= 4 is 29.3 Å². The highest BCUT2D eigenvalue weighted by molar-refractivity contribution is 7.99. The first kappa shape index (κ1) is 22.8. The maximum absolute atomic E-state index is 12.9. The van der Waals surface area contributed by atoms with Crippen LogP contribution in [0.15, 0.2) is 103 Å². The van der Waals surface area contributed by atoms with E-state index in [0.29, 0.717) is 22.5 Å². The standard InChI is InChI=1S/C26H23ClN4OS/c1-2-17-31-25(21-13-15-22(27)16-14-21)29-30-26(31)33-18-23(32)28-24(19-9-5-3-6-10-19)20-11-7-4-8-12-20/h2-16,24H,1,17-18H2,(H,28,32). The monoisotopic (exact) mass is 474 g/mol. The number of nitrogens with one attached hydrogen (secondary N) is 1. The average Bonchev–Trinajstić information content (AvgIpc) is 3.25. The molecule has 0 saturated heterocycles. The Morgan fingerprint density at radius 3 is 2.15 bits per heavy atom. The molecule has 0 aliphatic carbocycles. The topological polar surface area (TPSA) is 59.8 Å². The van der Waals surface area contributed by atoms with Crippen molar-refractivity contribution in [2.75, 3.05) is 5.75 Å². The summed E-state index contributed by atoms with van der Waals surface area (Å²) in [7, 11) is 0. The molecule has 166 valence electrons. The van der Waals surface area contributed by atoms with Crippen LogP contribution in [-0.4, -0.2) is 26.4 Å². The first-order valence-corrected chi connectivity index (χ1v) is 11.8. The number of carbonyl (C=O) groups excluding carboxylic acids is 1. The molecule has 0 saturated carbocycles. The first-order valence-electron chi connectivity index (χ1n) is 10.5. The maximum atomic E-state index is 12.9. The lowest BCUT2D eigenvalue weighted by Crippen LogP contribution is -2.30. The number of allylic oxidation sites excluding steroid dienone is 1. The third-order valence-electron chi connectivity index (χ3n) is 5.03. The molecule has 33 heavy (non-hydrogen) atoms. The molecule has 7 heteroatoms. The predicted molar refractivity (Wildman–Crippen MR) is 134 cm³/mol. The Bertz CT molecular complexity index is 1170. The number of aromatic nitrogens is 3. The lowest BCUT2D eigenvalue weighted by Gasteiger charge is -2.20. The van der Waals surface area contributed by atoms with E-state index >= 15 is 0 Å². The van der Waals surface area contributed by atoms with Crippen LogP contribution in [0.5, 0.6) is 0 Å². The van der Waals surface area contributed by atoms with Crippen LogP contribution in [0.4, 0.5) is 0 Å². The Labute approximate surface area is 202 Å². The molecule has 1 N–H and O–H groups in total. The fourth-order valence-corrected chi connectivity index (χ4v) is 4.37. The Hall–Kier alpha value is -3.35. The third-order valence-corrected chi connectivity index (χ3v) is 6.25. The van der Waals surface area contributed by atoms with Crippen LogP contribution in [0.3, 0.4) is 0 Å². The number of carbonyl (C=O) groups is 1. The zero-order valence-electron chi connectivity index (χ0n) is 17.9. The van der Waals surface area contributed by atoms with Gasteiger partial charge in [0.05, 0.1) is 11.8 Å². The zero-order valence-corrected chi connectivity index (χ0v) is 19.5. The number of amides is 1. The molecule has 1 heterocycles. The fourth-order valence-electron chi connectivity index (χ4n) is 3.48. The van der Waals surface area contributed by atoms with Gasteiger partial charge in [-0.2, -0.15) is 0 Å². The minimum absolute atomic E-state index is 0.0843. The summed E-state index contributed by atoms with van der Waals surface area (Å²) in [6, 6.07) is 27.1. The zero-order chi connectivity index (χ0) is 23.0. The molecule has 0 atom stereocenters. The van der Waals surface area contributed by atoms with Crippen LogP contribution in [0, 0.1) is 0 Å². The molecule has 3 aromatic carbocycles. The quantitative estimate of drug-likeness (QED) is 0.246. The normalized spacial score (nSPS) is 10.8. The van der Waals surface area contributed by atoms with Crippen molar-refractivity contribution in [3.8, 4) is 11.4 Å². The Morgan fingerprint density at radius 1 is 0.970 bits per heavy atom. The molecule has 0 aliphatic heterocycles. The number of rotatable bonds is 9. The van der Waals surface area contributed by atoms with E-state index in [1.165, 1.54) is 11.8 Å². The maximum Gasteiger partial charge on any atom is 0.231 e. The summed E-state index contributed by atoms with van der Waals surface area (Å²) in [5.74, 6) is 0.839. The summed E-state index contributed by atoms with van der Waals surface area (Å²) in [4.78, 5) is 12.9. The molecular weight excluding hydrogens is 452 g/mol. The van der Waals surface area contributed by atoms with Gasteiger partial charge in [0.2, 0.25) is 5.91 Å². The highest BCUT2D eigenvalue weighted by atomic mass is 35.5. The van der Waals surface area contributed by atoms with Gasteiger partial charge in [0.25, 0.3) is 0 Å². The highest BCUT2D eigenvalue weighted by Crippen LogP contribution is 2.26. The predicted octanol–water partition coefficient (Wildman–Crippen LogP) is 5.78. The first-order chi connectivity index (χ1) is 16.2. The summed E-state index contributed by atoms with van der Waals surface area (Å²) in [6.45, 7) is 4.37. The van der Waals surface area contributed by atoms with Crippen molar-refractivity contribution < 1.29 is 4.79 Å². The van der Waals surface area contributed by atoms with Gasteiger partial charge < -0.3 is 5.32 Å². The largest absolute Gasteiger partial charge is 0.344 e. The van der Waals surface area contributed by atoms with Crippen molar-refractivity contribution in [3.05, 3.63) is 114 Å². The van der Waals surface area contributed by atoms with E-state index in [-0.39, 0.29) is 17.7 Å². The Morgan fingerprint density at radius 2 is 1.58 bits per heavy atom. The van der Waals surface area contributed by atoms with E-state index in [4.69, 9.17) is 11.6 Å². The van der Waals surface area contributed by atoms with Crippen molar-refractivity contribution in [1.29, 1.82) is 0 Å². The van der Waals surface area contributed by atoms with Crippen molar-refractivity contribution in [1.82, 2.24) is 20.1 Å². The molecule has 0 unspecified atom stereocenters. The van der Waals surface area contributed by atoms with Crippen LogP contribution < -0.4 is 5.32 Å². The van der Waals surface area contributed by atoms with Crippen molar-refractivity contribution in [2.24, 2.45) is 0 Å². The summed E-state index contributed by atoms with van der Waals surface area (Å²) >= 11 is 7.36. The van der Waals surface area contributed by atoms with Crippen LogP contribution in [0.1, 0.15) is 17.2 Å².